The van der Waals surface area contributed by atoms with Gasteiger partial charge >= 0.3 is 19.8 Å². The van der Waals surface area contributed by atoms with E-state index in [1.165, 1.54) is 0 Å². The molecule has 0 fully saturated rings. The standard InChI is InChI=1S/Ga.Mn.2Ni.3H. The summed E-state index contributed by atoms with van der Waals surface area (Å²) in [5.74, 6) is 0. The first-order chi connectivity index (χ1) is 0. The van der Waals surface area contributed by atoms with E-state index >= 15 is 0 Å². The fourth-order valence-corrected chi connectivity index (χ4v) is 0. The Kier molecular flexibility index (Phi) is 170. The van der Waals surface area contributed by atoms with Crippen molar-refractivity contribution in [1.82, 2.24) is 0 Å². The second kappa shape index (κ2) is 19.2. The van der Waals surface area contributed by atoms with Crippen molar-refractivity contribution in [2.45, 2.75) is 0 Å². The summed E-state index contributed by atoms with van der Waals surface area (Å²) < 4.78 is 0. The Morgan fingerprint density at radius 2 is 0.750 bits per heavy atom. The van der Waals surface area contributed by atoms with Gasteiger partial charge in [-0.1, -0.05) is 0 Å². The van der Waals surface area contributed by atoms with Gasteiger partial charge in [0.1, 0.15) is 0 Å². The molecule has 0 aliphatic heterocycles. The van der Waals surface area contributed by atoms with Crippen LogP contribution in [-0.4, -0.2) is 19.8 Å². The van der Waals surface area contributed by atoms with E-state index in [1.54, 1.807) is 0 Å². The second-order valence-electron chi connectivity index (χ2n) is 0. The summed E-state index contributed by atoms with van der Waals surface area (Å²) in [4.78, 5) is 0. The molecule has 0 saturated carbocycles. The van der Waals surface area contributed by atoms with Gasteiger partial charge in [0, 0.05) is 50.1 Å². The smallest absolute Gasteiger partial charge is 0 e. The fraction of sp³-hybridized carbons (Fsp3) is 0. The summed E-state index contributed by atoms with van der Waals surface area (Å²) >= 11 is 0. The number of rotatable bonds is 0. The Balaban J connectivity index is 0. The van der Waals surface area contributed by atoms with Crippen molar-refractivity contribution in [3.63, 3.8) is 0 Å². The summed E-state index contributed by atoms with van der Waals surface area (Å²) in [6.07, 6.45) is 0. The molecule has 0 saturated heterocycles. The first-order valence-electron chi connectivity index (χ1n) is 0. The van der Waals surface area contributed by atoms with E-state index in [4.69, 9.17) is 0 Å². The molecule has 0 aliphatic carbocycles. The van der Waals surface area contributed by atoms with Gasteiger partial charge in [0.05, 0.1) is 0 Å². The van der Waals surface area contributed by atoms with Crippen molar-refractivity contribution in [1.29, 1.82) is 0 Å². The molecule has 0 aliphatic rings. The minimum atomic E-state index is 0. The normalized spacial score (nSPS) is 0. The van der Waals surface area contributed by atoms with E-state index in [1.807, 2.05) is 0 Å². The van der Waals surface area contributed by atoms with Gasteiger partial charge in [0.15, 0.2) is 0 Å². The predicted molar refractivity (Wildman–Crippen MR) is 9.94 cm³/mol. The van der Waals surface area contributed by atoms with Crippen LogP contribution in [-0.2, 0) is 50.1 Å². The van der Waals surface area contributed by atoms with Crippen molar-refractivity contribution >= 4 is 19.8 Å². The molecule has 0 heterocycles. The van der Waals surface area contributed by atoms with E-state index in [2.05, 4.69) is 0 Å². The largest absolute Gasteiger partial charge is 0 e. The van der Waals surface area contributed by atoms with Crippen LogP contribution in [0.3, 0.4) is 0 Å². The summed E-state index contributed by atoms with van der Waals surface area (Å²) in [7, 11) is 0. The van der Waals surface area contributed by atoms with Crippen LogP contribution in [0.1, 0.15) is 0 Å². The quantitative estimate of drug-likeness (QED) is 0.471. The van der Waals surface area contributed by atoms with Crippen molar-refractivity contribution in [2.24, 2.45) is 0 Å². The van der Waals surface area contributed by atoms with Gasteiger partial charge in [0.2, 0.25) is 0 Å². The van der Waals surface area contributed by atoms with Crippen LogP contribution in [0.2, 0.25) is 0 Å². The minimum Gasteiger partial charge on any atom is 0 e. The molecule has 4 heavy (non-hydrogen) atoms. The minimum absolute atomic E-state index is 0. The van der Waals surface area contributed by atoms with E-state index in [0.717, 1.165) is 0 Å². The molecule has 0 nitrogen and oxygen atoms in total. The monoisotopic (exact) mass is 243 g/mol. The number of hydrogen-bond donors (Lipinski definition) is 0. The van der Waals surface area contributed by atoms with Crippen molar-refractivity contribution < 1.29 is 50.1 Å². The summed E-state index contributed by atoms with van der Waals surface area (Å²) in [5.41, 5.74) is 0. The molecule has 0 amide bonds. The molecule has 4 heteroatoms. The molecule has 0 rings (SSSR count). The maximum atomic E-state index is 0. The van der Waals surface area contributed by atoms with Crippen molar-refractivity contribution in [3.8, 4) is 0 Å². The van der Waals surface area contributed by atoms with Gasteiger partial charge < -0.3 is 0 Å². The topological polar surface area (TPSA) is 0 Å². The molecule has 0 unspecified atom stereocenters. The van der Waals surface area contributed by atoms with E-state index in [9.17, 15) is 0 Å². The van der Waals surface area contributed by atoms with Gasteiger partial charge in [-0.15, -0.1) is 0 Å². The molecule has 0 aromatic carbocycles. The molecular weight excluding hydrogens is 242 g/mol. The van der Waals surface area contributed by atoms with Crippen LogP contribution in [0, 0.1) is 0 Å². The fourth-order valence-electron chi connectivity index (χ4n) is 0. The van der Waals surface area contributed by atoms with Gasteiger partial charge in [-0.25, -0.2) is 0 Å². The molecule has 0 aromatic rings. The molecule has 1 radical (unpaired) electrons. The number of hydrogen-bond acceptors (Lipinski definition) is 0. The van der Waals surface area contributed by atoms with Gasteiger partial charge in [-0.05, 0) is 0 Å². The zero-order valence-electron chi connectivity index (χ0n) is 1.01. The molecule has 0 N–H and O–H groups in total. The van der Waals surface area contributed by atoms with Gasteiger partial charge in [-0.2, -0.15) is 0 Å². The Bertz CT molecular complexity index is 6.00. The zero-order valence-corrected chi connectivity index (χ0v) is 4.17. The zero-order chi connectivity index (χ0) is 0. The van der Waals surface area contributed by atoms with Crippen molar-refractivity contribution in [3.05, 3.63) is 0 Å². The molecule has 0 spiro atoms. The SMILES string of the molecule is [GaH3].[Mn].[Ni].[Ni]. The van der Waals surface area contributed by atoms with E-state index < -0.39 is 0 Å². The third-order valence-corrected chi connectivity index (χ3v) is 0. The maximum Gasteiger partial charge on any atom is 0 e. The molecule has 0 atom stereocenters. The summed E-state index contributed by atoms with van der Waals surface area (Å²) in [6.45, 7) is 0. The van der Waals surface area contributed by atoms with Crippen LogP contribution >= 0.6 is 0 Å². The summed E-state index contributed by atoms with van der Waals surface area (Å²) in [6, 6.07) is 0. The predicted octanol–water partition coefficient (Wildman–Crippen LogP) is -1.19. The Morgan fingerprint density at radius 3 is 0.750 bits per heavy atom. The molecular formula is H3GaMnNi2. The van der Waals surface area contributed by atoms with Crippen LogP contribution in [0.4, 0.5) is 0 Å². The Morgan fingerprint density at radius 1 is 0.750 bits per heavy atom. The third-order valence-electron chi connectivity index (χ3n) is 0. The summed E-state index contributed by atoms with van der Waals surface area (Å²) in [5, 5.41) is 0. The second-order valence-corrected chi connectivity index (χ2v) is 0. The Hall–Kier alpha value is 2.14. The third kappa shape index (κ3) is 8.91. The average molecular weight is 245 g/mol. The van der Waals surface area contributed by atoms with Crippen LogP contribution in [0.5, 0.6) is 0 Å². The Labute approximate surface area is 69.2 Å². The van der Waals surface area contributed by atoms with Crippen LogP contribution in [0.15, 0.2) is 0 Å². The molecule has 0 aromatic heterocycles. The van der Waals surface area contributed by atoms with Gasteiger partial charge in [-0.3, -0.25) is 0 Å². The van der Waals surface area contributed by atoms with Gasteiger partial charge in [0.25, 0.3) is 0 Å². The average Bonchev–Trinajstić information content (AvgIpc) is 0. The van der Waals surface area contributed by atoms with E-state index in [0.29, 0.717) is 0 Å². The van der Waals surface area contributed by atoms with Crippen LogP contribution < -0.4 is 0 Å². The van der Waals surface area contributed by atoms with Crippen molar-refractivity contribution in [2.75, 3.05) is 0 Å². The van der Waals surface area contributed by atoms with E-state index in [-0.39, 0.29) is 69.8 Å². The van der Waals surface area contributed by atoms with Crippen LogP contribution in [0.25, 0.3) is 0 Å². The molecule has 0 bridgehead atoms. The first kappa shape index (κ1) is 35.4. The first-order valence-corrected chi connectivity index (χ1v) is 0. The molecule has 33 valence electrons. The maximum absolute atomic E-state index is 0.